The van der Waals surface area contributed by atoms with Crippen LogP contribution in [0.3, 0.4) is 0 Å². The molecule has 0 unspecified atom stereocenters. The number of hydrogen-bond donors (Lipinski definition) is 1. The van der Waals surface area contributed by atoms with Gasteiger partial charge in [0.2, 0.25) is 5.91 Å². The molecule has 2 aliphatic rings. The first-order valence-corrected chi connectivity index (χ1v) is 6.72. The third-order valence-electron chi connectivity index (χ3n) is 3.71. The molecule has 2 atom stereocenters. The first-order valence-electron chi connectivity index (χ1n) is 5.84. The van der Waals surface area contributed by atoms with E-state index in [1.807, 2.05) is 0 Å². The number of fused-ring (bicyclic) bond motifs is 1. The number of carbonyl (C=O) groups excluding carboxylic acids is 1. The standard InChI is InChI=1S/C12H16N2OS/c1-8-9(4-7-16-8)12-10-2-3-11(15)14(10)6-5-13-12/h4,7,10,12-13H,2-3,5-6H2,1H3/t10-,12-/m0/s1. The molecule has 86 valence electrons. The van der Waals surface area contributed by atoms with Crippen LogP contribution >= 0.6 is 11.3 Å². The molecule has 0 aliphatic carbocycles. The molecular weight excluding hydrogens is 220 g/mol. The molecule has 0 spiro atoms. The van der Waals surface area contributed by atoms with Crippen LogP contribution in [0.2, 0.25) is 0 Å². The molecule has 3 rings (SSSR count). The molecule has 1 aromatic rings. The zero-order chi connectivity index (χ0) is 11.1. The van der Waals surface area contributed by atoms with Crippen molar-refractivity contribution >= 4 is 17.2 Å². The maximum atomic E-state index is 11.7. The maximum absolute atomic E-state index is 11.7. The minimum Gasteiger partial charge on any atom is -0.337 e. The van der Waals surface area contributed by atoms with E-state index in [0.717, 1.165) is 25.9 Å². The summed E-state index contributed by atoms with van der Waals surface area (Å²) in [4.78, 5) is 15.2. The van der Waals surface area contributed by atoms with Crippen LogP contribution in [-0.2, 0) is 4.79 Å². The fourth-order valence-corrected chi connectivity index (χ4v) is 3.65. The molecule has 3 nitrogen and oxygen atoms in total. The number of rotatable bonds is 1. The summed E-state index contributed by atoms with van der Waals surface area (Å²) in [6.07, 6.45) is 1.73. The Hall–Kier alpha value is -0.870. The zero-order valence-corrected chi connectivity index (χ0v) is 10.2. The van der Waals surface area contributed by atoms with E-state index in [-0.39, 0.29) is 0 Å². The van der Waals surface area contributed by atoms with E-state index in [1.54, 1.807) is 11.3 Å². The molecular formula is C12H16N2OS. The van der Waals surface area contributed by atoms with Crippen LogP contribution in [0, 0.1) is 6.92 Å². The van der Waals surface area contributed by atoms with Gasteiger partial charge in [0.1, 0.15) is 0 Å². The summed E-state index contributed by atoms with van der Waals surface area (Å²) in [7, 11) is 0. The Morgan fingerprint density at radius 2 is 2.44 bits per heavy atom. The maximum Gasteiger partial charge on any atom is 0.223 e. The van der Waals surface area contributed by atoms with Gasteiger partial charge in [-0.1, -0.05) is 0 Å². The quantitative estimate of drug-likeness (QED) is 0.805. The molecule has 0 saturated carbocycles. The van der Waals surface area contributed by atoms with Crippen LogP contribution in [0.25, 0.3) is 0 Å². The van der Waals surface area contributed by atoms with Gasteiger partial charge >= 0.3 is 0 Å². The predicted octanol–water partition coefficient (Wildman–Crippen LogP) is 1.69. The highest BCUT2D eigenvalue weighted by Gasteiger charge is 2.39. The van der Waals surface area contributed by atoms with Gasteiger partial charge in [0, 0.05) is 24.4 Å². The number of nitrogens with one attached hydrogen (secondary N) is 1. The van der Waals surface area contributed by atoms with E-state index in [4.69, 9.17) is 0 Å². The lowest BCUT2D eigenvalue weighted by molar-refractivity contribution is -0.130. The van der Waals surface area contributed by atoms with E-state index < -0.39 is 0 Å². The number of nitrogens with zero attached hydrogens (tertiary/aromatic N) is 1. The molecule has 0 bridgehead atoms. The van der Waals surface area contributed by atoms with Gasteiger partial charge in [0.25, 0.3) is 0 Å². The highest BCUT2D eigenvalue weighted by molar-refractivity contribution is 7.10. The van der Waals surface area contributed by atoms with Crippen LogP contribution in [0.4, 0.5) is 0 Å². The van der Waals surface area contributed by atoms with Crippen LogP contribution in [-0.4, -0.2) is 29.9 Å². The van der Waals surface area contributed by atoms with Crippen LogP contribution < -0.4 is 5.32 Å². The van der Waals surface area contributed by atoms with Crippen molar-refractivity contribution < 1.29 is 4.79 Å². The Balaban J connectivity index is 1.91. The zero-order valence-electron chi connectivity index (χ0n) is 9.40. The number of hydrogen-bond acceptors (Lipinski definition) is 3. The number of carbonyl (C=O) groups is 1. The molecule has 2 fully saturated rings. The molecule has 3 heterocycles. The molecule has 2 saturated heterocycles. The van der Waals surface area contributed by atoms with Gasteiger partial charge in [-0.2, -0.15) is 0 Å². The summed E-state index contributed by atoms with van der Waals surface area (Å²) in [6, 6.07) is 2.94. The average molecular weight is 236 g/mol. The van der Waals surface area contributed by atoms with Gasteiger partial charge in [0.15, 0.2) is 0 Å². The number of amides is 1. The molecule has 4 heteroatoms. The number of aryl methyl sites for hydroxylation is 1. The Kier molecular flexibility index (Phi) is 2.48. The van der Waals surface area contributed by atoms with Crippen molar-refractivity contribution in [3.63, 3.8) is 0 Å². The number of thiophene rings is 1. The van der Waals surface area contributed by atoms with Gasteiger partial charge in [0.05, 0.1) is 12.1 Å². The molecule has 16 heavy (non-hydrogen) atoms. The van der Waals surface area contributed by atoms with Crippen molar-refractivity contribution in [2.75, 3.05) is 13.1 Å². The third-order valence-corrected chi connectivity index (χ3v) is 4.57. The van der Waals surface area contributed by atoms with E-state index in [1.165, 1.54) is 10.4 Å². The van der Waals surface area contributed by atoms with E-state index in [0.29, 0.717) is 18.0 Å². The highest BCUT2D eigenvalue weighted by Crippen LogP contribution is 2.34. The summed E-state index contributed by atoms with van der Waals surface area (Å²) < 4.78 is 0. The fourth-order valence-electron chi connectivity index (χ4n) is 2.90. The monoisotopic (exact) mass is 236 g/mol. The van der Waals surface area contributed by atoms with Crippen molar-refractivity contribution in [1.29, 1.82) is 0 Å². The van der Waals surface area contributed by atoms with Crippen molar-refractivity contribution in [3.05, 3.63) is 21.9 Å². The van der Waals surface area contributed by atoms with Crippen molar-refractivity contribution in [1.82, 2.24) is 10.2 Å². The molecule has 0 radical (unpaired) electrons. The lowest BCUT2D eigenvalue weighted by Gasteiger charge is -2.37. The lowest BCUT2D eigenvalue weighted by atomic mass is 9.96. The van der Waals surface area contributed by atoms with Crippen molar-refractivity contribution in [3.8, 4) is 0 Å². The first-order chi connectivity index (χ1) is 7.77. The van der Waals surface area contributed by atoms with E-state index in [2.05, 4.69) is 28.6 Å². The van der Waals surface area contributed by atoms with E-state index in [9.17, 15) is 4.79 Å². The first kappa shape index (κ1) is 10.3. The van der Waals surface area contributed by atoms with Crippen LogP contribution in [0.1, 0.15) is 29.3 Å². The van der Waals surface area contributed by atoms with Crippen LogP contribution in [0.15, 0.2) is 11.4 Å². The molecule has 1 aromatic heterocycles. The number of piperazine rings is 1. The fraction of sp³-hybridized carbons (Fsp3) is 0.583. The predicted molar refractivity (Wildman–Crippen MR) is 64.5 cm³/mol. The highest BCUT2D eigenvalue weighted by atomic mass is 32.1. The third kappa shape index (κ3) is 1.48. The normalized spacial score (nSPS) is 29.6. The van der Waals surface area contributed by atoms with Gasteiger partial charge in [-0.05, 0) is 30.4 Å². The van der Waals surface area contributed by atoms with Crippen molar-refractivity contribution in [2.45, 2.75) is 31.8 Å². The smallest absolute Gasteiger partial charge is 0.223 e. The van der Waals surface area contributed by atoms with Gasteiger partial charge in [-0.3, -0.25) is 4.79 Å². The summed E-state index contributed by atoms with van der Waals surface area (Å²) in [6.45, 7) is 3.96. The van der Waals surface area contributed by atoms with Gasteiger partial charge < -0.3 is 10.2 Å². The second kappa shape index (κ2) is 3.86. The van der Waals surface area contributed by atoms with Crippen LogP contribution in [0.5, 0.6) is 0 Å². The summed E-state index contributed by atoms with van der Waals surface area (Å²) in [5, 5.41) is 5.71. The Bertz CT molecular complexity index is 415. The molecule has 1 N–H and O–H groups in total. The second-order valence-electron chi connectivity index (χ2n) is 4.56. The molecule has 0 aromatic carbocycles. The topological polar surface area (TPSA) is 32.3 Å². The summed E-state index contributed by atoms with van der Waals surface area (Å²) in [5.41, 5.74) is 1.38. The lowest BCUT2D eigenvalue weighted by Crippen LogP contribution is -2.51. The van der Waals surface area contributed by atoms with Gasteiger partial charge in [-0.15, -0.1) is 11.3 Å². The average Bonchev–Trinajstić information content (AvgIpc) is 2.86. The molecule has 2 aliphatic heterocycles. The largest absolute Gasteiger partial charge is 0.337 e. The van der Waals surface area contributed by atoms with Gasteiger partial charge in [-0.25, -0.2) is 0 Å². The Labute approximate surface area is 99.5 Å². The van der Waals surface area contributed by atoms with E-state index >= 15 is 0 Å². The summed E-state index contributed by atoms with van der Waals surface area (Å²) >= 11 is 1.79. The molecule has 1 amide bonds. The minimum absolute atomic E-state index is 0.337. The van der Waals surface area contributed by atoms with Crippen molar-refractivity contribution in [2.24, 2.45) is 0 Å². The summed E-state index contributed by atoms with van der Waals surface area (Å²) in [5.74, 6) is 0.337. The minimum atomic E-state index is 0.337. The Morgan fingerprint density at radius 1 is 1.56 bits per heavy atom. The Morgan fingerprint density at radius 3 is 3.19 bits per heavy atom. The SMILES string of the molecule is Cc1sccc1[C@@H]1NCCN2C(=O)CC[C@@H]12. The second-order valence-corrected chi connectivity index (χ2v) is 5.68.